The molecule has 3 rings (SSSR count). The number of para-hydroxylation sites is 1. The molecule has 5 heteroatoms. The van der Waals surface area contributed by atoms with Gasteiger partial charge in [-0.3, -0.25) is 4.57 Å². The Kier molecular flexibility index (Phi) is 5.44. The zero-order valence-electron chi connectivity index (χ0n) is 14.2. The summed E-state index contributed by atoms with van der Waals surface area (Å²) in [7, 11) is 0. The molecule has 0 saturated carbocycles. The SMILES string of the molecule is CCOC(OCC)(OCC)n1c2ccccc2c2ccc(I)cc21. The molecule has 0 bridgehead atoms. The number of hydrogen-bond acceptors (Lipinski definition) is 3. The van der Waals surface area contributed by atoms with Crippen LogP contribution < -0.4 is 0 Å². The first-order valence-electron chi connectivity index (χ1n) is 8.27. The average molecular weight is 439 g/mol. The first-order valence-corrected chi connectivity index (χ1v) is 9.35. The molecule has 4 nitrogen and oxygen atoms in total. The van der Waals surface area contributed by atoms with E-state index in [2.05, 4.69) is 52.9 Å². The molecule has 0 aliphatic carbocycles. The maximum absolute atomic E-state index is 6.03. The van der Waals surface area contributed by atoms with Gasteiger partial charge in [-0.2, -0.15) is 0 Å². The van der Waals surface area contributed by atoms with Gasteiger partial charge in [0.25, 0.3) is 0 Å². The largest absolute Gasteiger partial charge is 0.381 e. The maximum atomic E-state index is 6.03. The van der Waals surface area contributed by atoms with Crippen LogP contribution in [0.3, 0.4) is 0 Å². The molecule has 1 aromatic heterocycles. The van der Waals surface area contributed by atoms with Crippen LogP contribution in [-0.4, -0.2) is 24.4 Å². The van der Waals surface area contributed by atoms with Gasteiger partial charge in [0.2, 0.25) is 0 Å². The second kappa shape index (κ2) is 7.39. The van der Waals surface area contributed by atoms with Crippen LogP contribution in [0.25, 0.3) is 21.8 Å². The fourth-order valence-electron chi connectivity index (χ4n) is 3.10. The minimum Gasteiger partial charge on any atom is -0.309 e. The van der Waals surface area contributed by atoms with Crippen LogP contribution >= 0.6 is 22.6 Å². The normalized spacial score (nSPS) is 12.3. The average Bonchev–Trinajstić information content (AvgIpc) is 2.89. The second-order valence-electron chi connectivity index (χ2n) is 5.34. The Hall–Kier alpha value is -1.15. The molecule has 0 fully saturated rings. The number of fused-ring (bicyclic) bond motifs is 3. The fraction of sp³-hybridized carbons (Fsp3) is 0.368. The van der Waals surface area contributed by atoms with Gasteiger partial charge in [-0.1, -0.05) is 24.3 Å². The molecule has 0 atom stereocenters. The molecule has 0 N–H and O–H groups in total. The highest BCUT2D eigenvalue weighted by atomic mass is 127. The lowest BCUT2D eigenvalue weighted by Crippen LogP contribution is -2.42. The summed E-state index contributed by atoms with van der Waals surface area (Å²) in [5, 5.41) is 2.32. The molecule has 128 valence electrons. The summed E-state index contributed by atoms with van der Waals surface area (Å²) in [4.78, 5) is 0. The highest BCUT2D eigenvalue weighted by Gasteiger charge is 2.38. The first kappa shape index (κ1) is 17.7. The van der Waals surface area contributed by atoms with E-state index in [9.17, 15) is 0 Å². The minimum absolute atomic E-state index is 0.484. The summed E-state index contributed by atoms with van der Waals surface area (Å²) in [6, 6.07) is 14.7. The van der Waals surface area contributed by atoms with Gasteiger partial charge in [0, 0.05) is 14.3 Å². The fourth-order valence-corrected chi connectivity index (χ4v) is 3.58. The number of aromatic nitrogens is 1. The van der Waals surface area contributed by atoms with E-state index in [0.717, 1.165) is 25.4 Å². The Morgan fingerprint density at radius 2 is 1.42 bits per heavy atom. The first-order chi connectivity index (χ1) is 11.7. The predicted molar refractivity (Wildman–Crippen MR) is 105 cm³/mol. The topological polar surface area (TPSA) is 32.6 Å². The predicted octanol–water partition coefficient (Wildman–Crippen LogP) is 5.08. The molecule has 1 heterocycles. The molecule has 0 unspecified atom stereocenters. The smallest absolute Gasteiger partial charge is 0.309 e. The maximum Gasteiger partial charge on any atom is 0.381 e. The lowest BCUT2D eigenvalue weighted by atomic mass is 10.2. The number of hydrogen-bond donors (Lipinski definition) is 0. The van der Waals surface area contributed by atoms with Crippen molar-refractivity contribution in [2.45, 2.75) is 26.9 Å². The number of ether oxygens (including phenoxy) is 3. The van der Waals surface area contributed by atoms with Gasteiger partial charge in [0.05, 0.1) is 30.9 Å². The molecule has 24 heavy (non-hydrogen) atoms. The van der Waals surface area contributed by atoms with E-state index in [4.69, 9.17) is 14.2 Å². The van der Waals surface area contributed by atoms with Crippen molar-refractivity contribution in [1.82, 2.24) is 4.57 Å². The molecule has 0 amide bonds. The Morgan fingerprint density at radius 1 is 0.833 bits per heavy atom. The van der Waals surface area contributed by atoms with Crippen molar-refractivity contribution in [3.63, 3.8) is 0 Å². The van der Waals surface area contributed by atoms with E-state index in [1.807, 2.05) is 37.5 Å². The Balaban J connectivity index is 2.40. The van der Waals surface area contributed by atoms with Gasteiger partial charge >= 0.3 is 6.10 Å². The van der Waals surface area contributed by atoms with Gasteiger partial charge < -0.3 is 14.2 Å². The van der Waals surface area contributed by atoms with Crippen LogP contribution in [0, 0.1) is 3.57 Å². The van der Waals surface area contributed by atoms with Crippen molar-refractivity contribution >= 4 is 44.4 Å². The van der Waals surface area contributed by atoms with Crippen LogP contribution in [0.1, 0.15) is 20.8 Å². The summed E-state index contributed by atoms with van der Waals surface area (Å²) in [5.74, 6) is 0. The van der Waals surface area contributed by atoms with Crippen LogP contribution in [0.5, 0.6) is 0 Å². The summed E-state index contributed by atoms with van der Waals surface area (Å²) in [6.45, 7) is 7.30. The molecule has 3 aromatic rings. The summed E-state index contributed by atoms with van der Waals surface area (Å²) < 4.78 is 21.3. The summed E-state index contributed by atoms with van der Waals surface area (Å²) >= 11 is 2.33. The van der Waals surface area contributed by atoms with Gasteiger partial charge in [-0.25, -0.2) is 0 Å². The quantitative estimate of drug-likeness (QED) is 0.381. The van der Waals surface area contributed by atoms with Crippen LogP contribution in [0.15, 0.2) is 42.5 Å². The second-order valence-corrected chi connectivity index (χ2v) is 6.58. The van der Waals surface area contributed by atoms with Crippen molar-refractivity contribution in [2.75, 3.05) is 19.8 Å². The zero-order chi connectivity index (χ0) is 17.2. The van der Waals surface area contributed by atoms with Crippen LogP contribution in [0.4, 0.5) is 0 Å². The van der Waals surface area contributed by atoms with E-state index >= 15 is 0 Å². The number of nitrogens with zero attached hydrogens (tertiary/aromatic N) is 1. The highest BCUT2D eigenvalue weighted by molar-refractivity contribution is 14.1. The molecule has 0 aliphatic rings. The Labute approximate surface area is 155 Å². The van der Waals surface area contributed by atoms with Gasteiger partial charge in [-0.15, -0.1) is 0 Å². The number of rotatable bonds is 7. The molecule has 0 saturated heterocycles. The van der Waals surface area contributed by atoms with Crippen LogP contribution in [0.2, 0.25) is 0 Å². The van der Waals surface area contributed by atoms with E-state index in [0.29, 0.717) is 19.8 Å². The van der Waals surface area contributed by atoms with E-state index in [1.54, 1.807) is 0 Å². The molecule has 0 spiro atoms. The lowest BCUT2D eigenvalue weighted by Gasteiger charge is -2.34. The van der Waals surface area contributed by atoms with Gasteiger partial charge in [0.15, 0.2) is 0 Å². The highest BCUT2D eigenvalue weighted by Crippen LogP contribution is 2.37. The monoisotopic (exact) mass is 439 g/mol. The standard InChI is InChI=1S/C19H22INO3/c1-4-22-19(23-5-2,24-6-3)21-17-10-8-7-9-15(17)16-12-11-14(20)13-18(16)21/h7-13H,4-6H2,1-3H3. The van der Waals surface area contributed by atoms with Crippen molar-refractivity contribution in [2.24, 2.45) is 0 Å². The third-order valence-corrected chi connectivity index (χ3v) is 4.56. The van der Waals surface area contributed by atoms with E-state index in [-0.39, 0.29) is 0 Å². The minimum atomic E-state index is -1.26. The summed E-state index contributed by atoms with van der Waals surface area (Å²) in [6.07, 6.45) is -1.26. The van der Waals surface area contributed by atoms with Crippen molar-refractivity contribution < 1.29 is 14.2 Å². The van der Waals surface area contributed by atoms with E-state index < -0.39 is 6.10 Å². The zero-order valence-corrected chi connectivity index (χ0v) is 16.4. The van der Waals surface area contributed by atoms with Crippen molar-refractivity contribution in [3.05, 3.63) is 46.0 Å². The van der Waals surface area contributed by atoms with E-state index in [1.165, 1.54) is 0 Å². The number of benzene rings is 2. The molecular formula is C19H22INO3. The number of halogens is 1. The molecule has 2 aromatic carbocycles. The molecular weight excluding hydrogens is 417 g/mol. The third-order valence-electron chi connectivity index (χ3n) is 3.89. The van der Waals surface area contributed by atoms with Crippen molar-refractivity contribution in [3.8, 4) is 0 Å². The van der Waals surface area contributed by atoms with Crippen LogP contribution in [-0.2, 0) is 20.3 Å². The third kappa shape index (κ3) is 2.94. The van der Waals surface area contributed by atoms with Crippen molar-refractivity contribution in [1.29, 1.82) is 0 Å². The lowest BCUT2D eigenvalue weighted by molar-refractivity contribution is -0.429. The molecule has 0 radical (unpaired) electrons. The summed E-state index contributed by atoms with van der Waals surface area (Å²) in [5.41, 5.74) is 2.07. The molecule has 0 aliphatic heterocycles. The van der Waals surface area contributed by atoms with Gasteiger partial charge in [0.1, 0.15) is 0 Å². The van der Waals surface area contributed by atoms with Gasteiger partial charge in [-0.05, 0) is 61.6 Å². The Morgan fingerprint density at radius 3 is 2.04 bits per heavy atom. The Bertz CT molecular complexity index is 826.